The predicted octanol–water partition coefficient (Wildman–Crippen LogP) is 4.38. The van der Waals surface area contributed by atoms with Crippen molar-refractivity contribution in [1.82, 2.24) is 0 Å². The number of hydrogen-bond acceptors (Lipinski definition) is 1. The lowest BCUT2D eigenvalue weighted by Gasteiger charge is -2.07. The Morgan fingerprint density at radius 1 is 1.00 bits per heavy atom. The van der Waals surface area contributed by atoms with Gasteiger partial charge < -0.3 is 5.73 Å². The molecule has 2 aromatic rings. The topological polar surface area (TPSA) is 26.0 Å². The van der Waals surface area contributed by atoms with Crippen molar-refractivity contribution in [3.8, 4) is 11.1 Å². The highest BCUT2D eigenvalue weighted by Crippen LogP contribution is 2.32. The normalized spacial score (nSPS) is 10.4. The molecule has 0 aromatic heterocycles. The molecule has 0 aliphatic heterocycles. The summed E-state index contributed by atoms with van der Waals surface area (Å²) in [6, 6.07) is 9.72. The highest BCUT2D eigenvalue weighted by Gasteiger charge is 2.08. The van der Waals surface area contributed by atoms with Gasteiger partial charge >= 0.3 is 0 Å². The Kier molecular flexibility index (Phi) is 3.03. The van der Waals surface area contributed by atoms with Gasteiger partial charge in [-0.05, 0) is 23.8 Å². The fourth-order valence-corrected chi connectivity index (χ4v) is 1.75. The van der Waals surface area contributed by atoms with Crippen molar-refractivity contribution < 1.29 is 4.39 Å². The molecule has 2 N–H and O–H groups in total. The fourth-order valence-electron chi connectivity index (χ4n) is 1.45. The van der Waals surface area contributed by atoms with Crippen LogP contribution in [0.15, 0.2) is 36.4 Å². The fraction of sp³-hybridized carbons (Fsp3) is 0. The zero-order valence-corrected chi connectivity index (χ0v) is 9.69. The molecule has 0 saturated heterocycles. The van der Waals surface area contributed by atoms with Crippen LogP contribution in [0, 0.1) is 5.82 Å². The largest absolute Gasteiger partial charge is 0.396 e. The number of hydrogen-bond donors (Lipinski definition) is 1. The van der Waals surface area contributed by atoms with Crippen LogP contribution in [-0.4, -0.2) is 0 Å². The number of nitrogens with two attached hydrogens (primary N) is 1. The van der Waals surface area contributed by atoms with E-state index in [2.05, 4.69) is 0 Å². The number of para-hydroxylation sites is 1. The maximum atomic E-state index is 13.3. The Hall–Kier alpha value is -1.25. The lowest BCUT2D eigenvalue weighted by atomic mass is 10.0. The van der Waals surface area contributed by atoms with Crippen LogP contribution < -0.4 is 5.73 Å². The van der Waals surface area contributed by atoms with E-state index in [9.17, 15) is 4.39 Å². The first kappa shape index (κ1) is 11.2. The van der Waals surface area contributed by atoms with E-state index in [1.54, 1.807) is 30.3 Å². The number of benzene rings is 2. The van der Waals surface area contributed by atoms with E-state index in [1.807, 2.05) is 0 Å². The molecule has 0 aliphatic carbocycles. The van der Waals surface area contributed by atoms with Crippen molar-refractivity contribution in [2.45, 2.75) is 0 Å². The van der Waals surface area contributed by atoms with Gasteiger partial charge in [0.1, 0.15) is 5.82 Å². The Morgan fingerprint density at radius 3 is 2.44 bits per heavy atom. The van der Waals surface area contributed by atoms with Gasteiger partial charge in [-0.25, -0.2) is 4.39 Å². The highest BCUT2D eigenvalue weighted by atomic mass is 35.5. The first-order chi connectivity index (χ1) is 7.59. The van der Waals surface area contributed by atoms with Gasteiger partial charge in [0.2, 0.25) is 0 Å². The van der Waals surface area contributed by atoms with Crippen LogP contribution in [-0.2, 0) is 0 Å². The third-order valence-electron chi connectivity index (χ3n) is 2.28. The minimum absolute atomic E-state index is 0.112. The molecule has 2 aromatic carbocycles. The first-order valence-corrected chi connectivity index (χ1v) is 5.34. The second kappa shape index (κ2) is 4.32. The summed E-state index contributed by atoms with van der Waals surface area (Å²) in [6.45, 7) is 0. The lowest BCUT2D eigenvalue weighted by Crippen LogP contribution is -1.93. The molecule has 0 amide bonds. The highest BCUT2D eigenvalue weighted by molar-refractivity contribution is 6.42. The quantitative estimate of drug-likeness (QED) is 0.752. The molecular formula is C12H8Cl2FN. The molecule has 1 nitrogen and oxygen atoms in total. The molecule has 0 atom stereocenters. The van der Waals surface area contributed by atoms with Crippen LogP contribution in [0.2, 0.25) is 10.0 Å². The zero-order valence-electron chi connectivity index (χ0n) is 8.18. The van der Waals surface area contributed by atoms with Crippen molar-refractivity contribution >= 4 is 28.9 Å². The van der Waals surface area contributed by atoms with E-state index >= 15 is 0 Å². The molecule has 16 heavy (non-hydrogen) atoms. The average Bonchev–Trinajstić information content (AvgIpc) is 2.26. The van der Waals surface area contributed by atoms with Crippen LogP contribution in [0.1, 0.15) is 0 Å². The van der Waals surface area contributed by atoms with E-state index in [-0.39, 0.29) is 5.69 Å². The van der Waals surface area contributed by atoms with Gasteiger partial charge in [-0.15, -0.1) is 0 Å². The van der Waals surface area contributed by atoms with Crippen LogP contribution >= 0.6 is 23.2 Å². The van der Waals surface area contributed by atoms with Crippen LogP contribution in [0.5, 0.6) is 0 Å². The standard InChI is InChI=1S/C12H8Cl2FN/c13-9-5-4-7(6-10(9)14)8-2-1-3-11(15)12(8)16/h1-6H,16H2. The minimum atomic E-state index is -0.441. The molecule has 0 unspecified atom stereocenters. The van der Waals surface area contributed by atoms with Crippen molar-refractivity contribution in [1.29, 1.82) is 0 Å². The van der Waals surface area contributed by atoms with Gasteiger partial charge in [0.25, 0.3) is 0 Å². The molecule has 0 spiro atoms. The van der Waals surface area contributed by atoms with Crippen LogP contribution in [0.4, 0.5) is 10.1 Å². The molecule has 0 heterocycles. The molecule has 0 radical (unpaired) electrons. The van der Waals surface area contributed by atoms with E-state index in [0.29, 0.717) is 15.6 Å². The average molecular weight is 256 g/mol. The number of halogens is 3. The van der Waals surface area contributed by atoms with Gasteiger partial charge in [-0.2, -0.15) is 0 Å². The molecule has 2 rings (SSSR count). The third kappa shape index (κ3) is 1.99. The van der Waals surface area contributed by atoms with E-state index in [4.69, 9.17) is 28.9 Å². The van der Waals surface area contributed by atoms with E-state index < -0.39 is 5.82 Å². The Balaban J connectivity index is 2.59. The summed E-state index contributed by atoms with van der Waals surface area (Å²) < 4.78 is 13.3. The second-order valence-corrected chi connectivity index (χ2v) is 4.14. The third-order valence-corrected chi connectivity index (χ3v) is 3.02. The number of nitrogen functional groups attached to an aromatic ring is 1. The van der Waals surface area contributed by atoms with E-state index in [1.165, 1.54) is 6.07 Å². The van der Waals surface area contributed by atoms with Crippen LogP contribution in [0.3, 0.4) is 0 Å². The summed E-state index contributed by atoms with van der Waals surface area (Å²) in [7, 11) is 0. The maximum Gasteiger partial charge on any atom is 0.146 e. The zero-order chi connectivity index (χ0) is 11.7. The molecule has 0 bridgehead atoms. The number of anilines is 1. The van der Waals surface area contributed by atoms with Gasteiger partial charge in [-0.3, -0.25) is 0 Å². The Bertz CT molecular complexity index is 541. The summed E-state index contributed by atoms with van der Waals surface area (Å²) in [5.41, 5.74) is 7.12. The number of rotatable bonds is 1. The predicted molar refractivity (Wildman–Crippen MR) is 66.3 cm³/mol. The van der Waals surface area contributed by atoms with Gasteiger partial charge in [0, 0.05) is 5.56 Å². The van der Waals surface area contributed by atoms with Gasteiger partial charge in [-0.1, -0.05) is 41.4 Å². The smallest absolute Gasteiger partial charge is 0.146 e. The maximum absolute atomic E-state index is 13.3. The molecule has 0 fully saturated rings. The summed E-state index contributed by atoms with van der Waals surface area (Å²) in [4.78, 5) is 0. The SMILES string of the molecule is Nc1c(F)cccc1-c1ccc(Cl)c(Cl)c1. The second-order valence-electron chi connectivity index (χ2n) is 3.33. The van der Waals surface area contributed by atoms with Crippen molar-refractivity contribution in [3.63, 3.8) is 0 Å². The van der Waals surface area contributed by atoms with E-state index in [0.717, 1.165) is 5.56 Å². The molecule has 0 aliphatic rings. The Morgan fingerprint density at radius 2 is 1.75 bits per heavy atom. The van der Waals surface area contributed by atoms with Crippen molar-refractivity contribution in [2.75, 3.05) is 5.73 Å². The molecule has 0 saturated carbocycles. The summed E-state index contributed by atoms with van der Waals surface area (Å²) >= 11 is 11.7. The summed E-state index contributed by atoms with van der Waals surface area (Å²) in [5, 5.41) is 0.878. The summed E-state index contributed by atoms with van der Waals surface area (Å²) in [5.74, 6) is -0.441. The first-order valence-electron chi connectivity index (χ1n) is 4.59. The lowest BCUT2D eigenvalue weighted by molar-refractivity contribution is 0.633. The molecule has 4 heteroatoms. The van der Waals surface area contributed by atoms with Gasteiger partial charge in [0.15, 0.2) is 0 Å². The van der Waals surface area contributed by atoms with Crippen molar-refractivity contribution in [2.24, 2.45) is 0 Å². The minimum Gasteiger partial charge on any atom is -0.396 e. The molecular weight excluding hydrogens is 248 g/mol. The Labute approximate surface area is 103 Å². The summed E-state index contributed by atoms with van der Waals surface area (Å²) in [6.07, 6.45) is 0. The van der Waals surface area contributed by atoms with Crippen molar-refractivity contribution in [3.05, 3.63) is 52.3 Å². The molecule has 82 valence electrons. The monoisotopic (exact) mass is 255 g/mol. The van der Waals surface area contributed by atoms with Gasteiger partial charge in [0.05, 0.1) is 15.7 Å². The van der Waals surface area contributed by atoms with Crippen LogP contribution in [0.25, 0.3) is 11.1 Å².